The number of nitrogens with one attached hydrogen (secondary N) is 1. The van der Waals surface area contributed by atoms with Gasteiger partial charge in [-0.2, -0.15) is 0 Å². The van der Waals surface area contributed by atoms with E-state index in [1.54, 1.807) is 25.3 Å². The molecule has 0 aliphatic carbocycles. The Labute approximate surface area is 160 Å². The van der Waals surface area contributed by atoms with Gasteiger partial charge in [-0.15, -0.1) is 10.2 Å². The molecule has 1 aromatic heterocycles. The third-order valence-electron chi connectivity index (χ3n) is 3.57. The Morgan fingerprint density at radius 3 is 2.58 bits per heavy atom. The van der Waals surface area contributed by atoms with Crippen LogP contribution in [0.25, 0.3) is 11.5 Å². The van der Waals surface area contributed by atoms with Gasteiger partial charge >= 0.3 is 0 Å². The Bertz CT molecular complexity index is 910. The average molecular weight is 392 g/mol. The monoisotopic (exact) mass is 391 g/mol. The molecule has 1 amide bonds. The highest BCUT2D eigenvalue weighted by molar-refractivity contribution is 6.42. The summed E-state index contributed by atoms with van der Waals surface area (Å²) >= 11 is 11.8. The highest BCUT2D eigenvalue weighted by Gasteiger charge is 2.11. The van der Waals surface area contributed by atoms with E-state index in [0.717, 1.165) is 11.3 Å². The second kappa shape index (κ2) is 8.21. The van der Waals surface area contributed by atoms with Crippen molar-refractivity contribution >= 4 is 34.8 Å². The Balaban J connectivity index is 1.56. The van der Waals surface area contributed by atoms with Crippen molar-refractivity contribution in [3.8, 4) is 17.2 Å². The Morgan fingerprint density at radius 2 is 1.88 bits per heavy atom. The maximum Gasteiger partial charge on any atom is 0.247 e. The quantitative estimate of drug-likeness (QED) is 0.662. The Morgan fingerprint density at radius 1 is 1.12 bits per heavy atom. The van der Waals surface area contributed by atoms with E-state index < -0.39 is 0 Å². The second-order valence-corrected chi connectivity index (χ2v) is 6.22. The van der Waals surface area contributed by atoms with E-state index in [4.69, 9.17) is 32.4 Å². The minimum absolute atomic E-state index is 0.187. The minimum Gasteiger partial charge on any atom is -0.497 e. The molecule has 1 heterocycles. The van der Waals surface area contributed by atoms with Crippen LogP contribution in [0, 0.1) is 0 Å². The maximum atomic E-state index is 12.0. The summed E-state index contributed by atoms with van der Waals surface area (Å²) in [5, 5.41) is 11.5. The predicted octanol–water partition coefficient (Wildman–Crippen LogP) is 4.62. The lowest BCUT2D eigenvalue weighted by Crippen LogP contribution is -2.12. The standard InChI is InChI=1S/C18H15Cl2N3O3/c1-25-13-5-2-11(3-6-13)18-23-22-17(26-18)9-8-16(24)21-12-4-7-14(19)15(20)10-12/h2-7,10H,8-9H2,1H3,(H,21,24). The van der Waals surface area contributed by atoms with E-state index in [9.17, 15) is 4.79 Å². The summed E-state index contributed by atoms with van der Waals surface area (Å²) in [5.41, 5.74) is 1.36. The normalized spacial score (nSPS) is 10.6. The van der Waals surface area contributed by atoms with Gasteiger partial charge in [-0.25, -0.2) is 0 Å². The van der Waals surface area contributed by atoms with Crippen molar-refractivity contribution in [2.24, 2.45) is 0 Å². The minimum atomic E-state index is -0.187. The van der Waals surface area contributed by atoms with E-state index >= 15 is 0 Å². The van der Waals surface area contributed by atoms with Crippen molar-refractivity contribution < 1.29 is 13.9 Å². The molecule has 0 saturated carbocycles. The predicted molar refractivity (Wildman–Crippen MR) is 99.7 cm³/mol. The lowest BCUT2D eigenvalue weighted by atomic mass is 10.2. The van der Waals surface area contributed by atoms with Crippen molar-refractivity contribution in [3.05, 3.63) is 58.4 Å². The number of amides is 1. The van der Waals surface area contributed by atoms with Gasteiger partial charge in [0.2, 0.25) is 17.7 Å². The van der Waals surface area contributed by atoms with E-state index in [-0.39, 0.29) is 12.3 Å². The molecule has 0 atom stereocenters. The van der Waals surface area contributed by atoms with Crippen LogP contribution in [0.5, 0.6) is 5.75 Å². The van der Waals surface area contributed by atoms with E-state index in [2.05, 4.69) is 15.5 Å². The number of hydrogen-bond donors (Lipinski definition) is 1. The Hall–Kier alpha value is -2.57. The SMILES string of the molecule is COc1ccc(-c2nnc(CCC(=O)Nc3ccc(Cl)c(Cl)c3)o2)cc1. The number of methoxy groups -OCH3 is 1. The highest BCUT2D eigenvalue weighted by Crippen LogP contribution is 2.25. The van der Waals surface area contributed by atoms with Gasteiger partial charge in [0, 0.05) is 24.1 Å². The summed E-state index contributed by atoms with van der Waals surface area (Å²) in [6, 6.07) is 12.2. The van der Waals surface area contributed by atoms with Crippen LogP contribution in [0.4, 0.5) is 5.69 Å². The fraction of sp³-hybridized carbons (Fsp3) is 0.167. The molecule has 0 radical (unpaired) electrons. The number of anilines is 1. The summed E-state index contributed by atoms with van der Waals surface area (Å²) in [7, 11) is 1.60. The molecule has 0 aliphatic heterocycles. The van der Waals surface area contributed by atoms with Crippen LogP contribution in [-0.4, -0.2) is 23.2 Å². The number of rotatable bonds is 6. The molecule has 134 valence electrons. The first-order valence-electron chi connectivity index (χ1n) is 7.77. The highest BCUT2D eigenvalue weighted by atomic mass is 35.5. The molecule has 0 saturated heterocycles. The van der Waals surface area contributed by atoms with Crippen LogP contribution < -0.4 is 10.1 Å². The molecule has 3 rings (SSSR count). The number of hydrogen-bond acceptors (Lipinski definition) is 5. The van der Waals surface area contributed by atoms with E-state index in [1.807, 2.05) is 24.3 Å². The molecule has 6 nitrogen and oxygen atoms in total. The van der Waals surface area contributed by atoms with E-state index in [0.29, 0.717) is 33.9 Å². The largest absolute Gasteiger partial charge is 0.497 e. The average Bonchev–Trinajstić information content (AvgIpc) is 3.12. The molecular formula is C18H15Cl2N3O3. The van der Waals surface area contributed by atoms with Crippen molar-refractivity contribution in [2.45, 2.75) is 12.8 Å². The van der Waals surface area contributed by atoms with Crippen LogP contribution in [0.3, 0.4) is 0 Å². The molecule has 0 unspecified atom stereocenters. The molecule has 8 heteroatoms. The number of carbonyl (C=O) groups is 1. The van der Waals surface area contributed by atoms with Crippen LogP contribution in [0.1, 0.15) is 12.3 Å². The molecular weight excluding hydrogens is 377 g/mol. The zero-order chi connectivity index (χ0) is 18.5. The summed E-state index contributed by atoms with van der Waals surface area (Å²) in [4.78, 5) is 12.0. The molecule has 3 aromatic rings. The van der Waals surface area contributed by atoms with Crippen molar-refractivity contribution in [3.63, 3.8) is 0 Å². The van der Waals surface area contributed by atoms with Gasteiger partial charge < -0.3 is 14.5 Å². The van der Waals surface area contributed by atoms with Gasteiger partial charge in [-0.05, 0) is 42.5 Å². The van der Waals surface area contributed by atoms with Crippen LogP contribution in [-0.2, 0) is 11.2 Å². The number of nitrogens with zero attached hydrogens (tertiary/aromatic N) is 2. The molecule has 0 spiro atoms. The second-order valence-electron chi connectivity index (χ2n) is 5.41. The smallest absolute Gasteiger partial charge is 0.247 e. The van der Waals surface area contributed by atoms with Gasteiger partial charge in [0.25, 0.3) is 0 Å². The van der Waals surface area contributed by atoms with Gasteiger partial charge in [0.05, 0.1) is 17.2 Å². The van der Waals surface area contributed by atoms with Crippen LogP contribution >= 0.6 is 23.2 Å². The summed E-state index contributed by atoms with van der Waals surface area (Å²) < 4.78 is 10.7. The van der Waals surface area contributed by atoms with Gasteiger partial charge in [-0.3, -0.25) is 4.79 Å². The van der Waals surface area contributed by atoms with Gasteiger partial charge in [0.15, 0.2) is 0 Å². The fourth-order valence-corrected chi connectivity index (χ4v) is 2.52. The first kappa shape index (κ1) is 18.2. The Kier molecular flexibility index (Phi) is 5.75. The van der Waals surface area contributed by atoms with Gasteiger partial charge in [-0.1, -0.05) is 23.2 Å². The topological polar surface area (TPSA) is 77.2 Å². The maximum absolute atomic E-state index is 12.0. The van der Waals surface area contributed by atoms with Crippen molar-refractivity contribution in [1.29, 1.82) is 0 Å². The molecule has 0 fully saturated rings. The number of ether oxygens (including phenoxy) is 1. The van der Waals surface area contributed by atoms with Crippen molar-refractivity contribution in [1.82, 2.24) is 10.2 Å². The zero-order valence-electron chi connectivity index (χ0n) is 13.8. The van der Waals surface area contributed by atoms with E-state index in [1.165, 1.54) is 0 Å². The fourth-order valence-electron chi connectivity index (χ4n) is 2.22. The number of halogens is 2. The molecule has 0 bridgehead atoms. The summed E-state index contributed by atoms with van der Waals surface area (Å²) in [6.07, 6.45) is 0.529. The first-order valence-corrected chi connectivity index (χ1v) is 8.52. The summed E-state index contributed by atoms with van der Waals surface area (Å²) in [5.74, 6) is 1.34. The van der Waals surface area contributed by atoms with Crippen molar-refractivity contribution in [2.75, 3.05) is 12.4 Å². The molecule has 1 N–H and O–H groups in total. The number of aryl methyl sites for hydroxylation is 1. The van der Waals surface area contributed by atoms with Crippen LogP contribution in [0.15, 0.2) is 46.9 Å². The molecule has 0 aliphatic rings. The lowest BCUT2D eigenvalue weighted by molar-refractivity contribution is -0.116. The lowest BCUT2D eigenvalue weighted by Gasteiger charge is -2.05. The third-order valence-corrected chi connectivity index (χ3v) is 4.31. The molecule has 26 heavy (non-hydrogen) atoms. The number of carbonyl (C=O) groups excluding carboxylic acids is 1. The summed E-state index contributed by atoms with van der Waals surface area (Å²) in [6.45, 7) is 0. The molecule has 2 aromatic carbocycles. The first-order chi connectivity index (χ1) is 12.5. The van der Waals surface area contributed by atoms with Crippen LogP contribution in [0.2, 0.25) is 10.0 Å². The zero-order valence-corrected chi connectivity index (χ0v) is 15.3. The van der Waals surface area contributed by atoms with Gasteiger partial charge in [0.1, 0.15) is 5.75 Å². The number of aromatic nitrogens is 2. The third kappa shape index (κ3) is 4.53. The number of benzene rings is 2.